The van der Waals surface area contributed by atoms with E-state index in [1.54, 1.807) is 7.05 Å². The summed E-state index contributed by atoms with van der Waals surface area (Å²) in [6.07, 6.45) is -2.72. The Morgan fingerprint density at radius 1 is 0.434 bits per heavy atom. The van der Waals surface area contributed by atoms with Crippen LogP contribution in [-0.4, -0.2) is 158 Å². The van der Waals surface area contributed by atoms with Crippen molar-refractivity contribution in [3.63, 3.8) is 0 Å². The lowest BCUT2D eigenvalue weighted by Gasteiger charge is -2.20. The molecule has 0 fully saturated rings. The van der Waals surface area contributed by atoms with Gasteiger partial charge in [-0.25, -0.2) is 27.4 Å². The zero-order chi connectivity index (χ0) is 40.7. The van der Waals surface area contributed by atoms with Crippen LogP contribution >= 0.6 is 46.9 Å². The van der Waals surface area contributed by atoms with Crippen LogP contribution in [0.25, 0.3) is 0 Å². The molecule has 35 heteroatoms. The highest BCUT2D eigenvalue weighted by Crippen LogP contribution is 2.49. The highest BCUT2D eigenvalue weighted by atomic mass is 31.2. The molecule has 0 aliphatic heterocycles. The summed E-state index contributed by atoms with van der Waals surface area (Å²) in [5.74, 6) is 0. The molecule has 0 aliphatic rings. The number of phosphoric acid groups is 6. The second-order valence-corrected chi connectivity index (χ2v) is 17.6. The Morgan fingerprint density at radius 3 is 1.04 bits per heavy atom. The molecule has 10 N–H and O–H groups in total. The van der Waals surface area contributed by atoms with Crippen LogP contribution in [0.1, 0.15) is 0 Å². The highest BCUT2D eigenvalue weighted by Gasteiger charge is 2.31. The van der Waals surface area contributed by atoms with E-state index >= 15 is 0 Å². The lowest BCUT2D eigenvalue weighted by molar-refractivity contribution is -0.00581. The molecule has 0 saturated carbocycles. The second kappa shape index (κ2) is 27.2. The van der Waals surface area contributed by atoms with Gasteiger partial charge in [0, 0.05) is 0 Å². The molecule has 0 aliphatic carbocycles. The van der Waals surface area contributed by atoms with Gasteiger partial charge in [0.05, 0.1) is 92.7 Å². The van der Waals surface area contributed by atoms with E-state index in [1.807, 2.05) is 0 Å². The molecular formula is C18H46N2O27P6. The van der Waals surface area contributed by atoms with Crippen molar-refractivity contribution in [2.24, 2.45) is 0 Å². The van der Waals surface area contributed by atoms with E-state index < -0.39 is 132 Å². The van der Waals surface area contributed by atoms with Crippen molar-refractivity contribution in [1.82, 2.24) is 10.6 Å². The van der Waals surface area contributed by atoms with Gasteiger partial charge in [0.1, 0.15) is 12.2 Å². The Labute approximate surface area is 302 Å². The zero-order valence-corrected chi connectivity index (χ0v) is 33.4. The average Bonchev–Trinajstić information content (AvgIpc) is 3.03. The Balaban J connectivity index is 4.33. The van der Waals surface area contributed by atoms with Gasteiger partial charge in [0.15, 0.2) is 0 Å². The Hall–Kier alpha value is 0.460. The molecule has 7 unspecified atom stereocenters. The third-order valence-corrected chi connectivity index (χ3v) is 10.3. The number of rotatable bonds is 36. The van der Waals surface area contributed by atoms with Crippen molar-refractivity contribution in [2.45, 2.75) is 12.2 Å². The van der Waals surface area contributed by atoms with Crippen LogP contribution in [0.3, 0.4) is 0 Å². The zero-order valence-electron chi connectivity index (χ0n) is 28.1. The maximum absolute atomic E-state index is 12.0. The molecule has 320 valence electrons. The van der Waals surface area contributed by atoms with Gasteiger partial charge in [-0.05, 0) is 14.1 Å². The summed E-state index contributed by atoms with van der Waals surface area (Å²) >= 11 is 0. The Bertz CT molecular complexity index is 1290. The fourth-order valence-electron chi connectivity index (χ4n) is 2.77. The van der Waals surface area contributed by atoms with E-state index in [0.717, 1.165) is 0 Å². The van der Waals surface area contributed by atoms with Crippen LogP contribution < -0.4 is 10.6 Å². The van der Waals surface area contributed by atoms with Crippen molar-refractivity contribution in [3.05, 3.63) is 0 Å². The number of hydrogen-bond donors (Lipinski definition) is 10. The van der Waals surface area contributed by atoms with Crippen molar-refractivity contribution in [2.75, 3.05) is 107 Å². The monoisotopic (exact) mass is 908 g/mol. The number of ether oxygens (including phenoxy) is 2. The molecule has 0 aromatic heterocycles. The fourth-order valence-corrected chi connectivity index (χ4v) is 6.94. The molecule has 0 heterocycles. The van der Waals surface area contributed by atoms with Crippen LogP contribution in [-0.2, 0) is 86.6 Å². The normalized spacial score (nSPS) is 19.4. The van der Waals surface area contributed by atoms with Gasteiger partial charge in [-0.15, -0.1) is 0 Å². The van der Waals surface area contributed by atoms with Crippen LogP contribution in [0, 0.1) is 0 Å². The minimum Gasteiger partial charge on any atom is -0.394 e. The lowest BCUT2D eigenvalue weighted by Crippen LogP contribution is -2.27. The van der Waals surface area contributed by atoms with Gasteiger partial charge in [-0.3, -0.25) is 60.4 Å². The third kappa shape index (κ3) is 32.1. The molecule has 0 aromatic rings. The second-order valence-electron chi connectivity index (χ2n) is 9.17. The topological polar surface area (TPSA) is 408 Å². The van der Waals surface area contributed by atoms with Gasteiger partial charge in [0.2, 0.25) is 0 Å². The van der Waals surface area contributed by atoms with Gasteiger partial charge < -0.3 is 48.8 Å². The maximum Gasteiger partial charge on any atom is 0.472 e. The van der Waals surface area contributed by atoms with Crippen molar-refractivity contribution >= 4 is 46.9 Å². The summed E-state index contributed by atoms with van der Waals surface area (Å²) in [7, 11) is -26.1. The number of phosphoric ester groups is 6. The molecule has 0 amide bonds. The number of hydrogen-bond acceptors (Lipinski definition) is 22. The van der Waals surface area contributed by atoms with Gasteiger partial charge in [-0.1, -0.05) is 0 Å². The Morgan fingerprint density at radius 2 is 0.736 bits per heavy atom. The number of aliphatic hydroxyl groups is 1. The first-order valence-electron chi connectivity index (χ1n) is 14.4. The van der Waals surface area contributed by atoms with Gasteiger partial charge in [0.25, 0.3) is 0 Å². The molecule has 0 bridgehead atoms. The molecule has 29 nitrogen and oxygen atoms in total. The van der Waals surface area contributed by atoms with Crippen LogP contribution in [0.2, 0.25) is 0 Å². The highest BCUT2D eigenvalue weighted by molar-refractivity contribution is 7.48. The first-order chi connectivity index (χ1) is 24.5. The summed E-state index contributed by atoms with van der Waals surface area (Å²) in [5.41, 5.74) is 0. The smallest absolute Gasteiger partial charge is 0.394 e. The standard InChI is InChI=1S/C18H46N2O27P6/c1-19-15-35-12-17(11-21)47-53(33,34)44-10-9-42-51(29,30)40-6-5-38-49(25,26)37-3-4-39-50(27,28)41-7-8-43-52(31,32)45-14-18(13-36-16-20-2)46-48(22,23)24/h17-21H,3-16H2,1-2H3,(H,25,26)(H,27,28)(H,29,30)(H,31,32)(H,33,34)(H2,22,23,24). The minimum atomic E-state index is -5.03. The summed E-state index contributed by atoms with van der Waals surface area (Å²) in [6.45, 7) is -8.77. The van der Waals surface area contributed by atoms with E-state index in [1.165, 1.54) is 7.05 Å². The quantitative estimate of drug-likeness (QED) is 0.0202. The lowest BCUT2D eigenvalue weighted by atomic mass is 10.4. The predicted octanol–water partition coefficient (Wildman–Crippen LogP) is -1.12. The van der Waals surface area contributed by atoms with E-state index in [0.29, 0.717) is 0 Å². The van der Waals surface area contributed by atoms with Crippen molar-refractivity contribution < 1.29 is 126 Å². The Kier molecular flexibility index (Phi) is 27.4. The van der Waals surface area contributed by atoms with Crippen LogP contribution in [0.4, 0.5) is 0 Å². The molecule has 0 aromatic carbocycles. The summed E-state index contributed by atoms with van der Waals surface area (Å²) in [4.78, 5) is 66.1. The molecule has 0 radical (unpaired) electrons. The first kappa shape index (κ1) is 53.5. The third-order valence-electron chi connectivity index (χ3n) is 4.66. The van der Waals surface area contributed by atoms with Crippen LogP contribution in [0.15, 0.2) is 0 Å². The van der Waals surface area contributed by atoms with E-state index in [-0.39, 0.29) is 20.1 Å². The summed E-state index contributed by atoms with van der Waals surface area (Å²) in [5, 5.41) is 14.4. The van der Waals surface area contributed by atoms with E-state index in [9.17, 15) is 57.0 Å². The average molecular weight is 908 g/mol. The number of aliphatic hydroxyl groups excluding tert-OH is 1. The molecule has 53 heavy (non-hydrogen) atoms. The molecule has 0 rings (SSSR count). The first-order valence-corrected chi connectivity index (χ1v) is 23.4. The SMILES string of the molecule is CNCOCC(COP(=O)(O)OCCOP(=O)(O)OCCOP(=O)(O)OCCOP(=O)(O)OCCOP(=O)(O)OC(CO)COCNC)OP(=O)(O)O. The van der Waals surface area contributed by atoms with Crippen molar-refractivity contribution in [3.8, 4) is 0 Å². The number of nitrogens with one attached hydrogen (secondary N) is 2. The molecule has 0 saturated heterocycles. The van der Waals surface area contributed by atoms with E-state index in [2.05, 4.69) is 55.9 Å². The predicted molar refractivity (Wildman–Crippen MR) is 171 cm³/mol. The van der Waals surface area contributed by atoms with Gasteiger partial charge in [-0.2, -0.15) is 0 Å². The maximum atomic E-state index is 12.0. The van der Waals surface area contributed by atoms with E-state index in [4.69, 9.17) is 23.8 Å². The molecule has 0 spiro atoms. The molecule has 7 atom stereocenters. The summed E-state index contributed by atoms with van der Waals surface area (Å²) in [6, 6.07) is 0. The molecular weight excluding hydrogens is 862 g/mol. The summed E-state index contributed by atoms with van der Waals surface area (Å²) < 4.78 is 130. The minimum absolute atomic E-state index is 0.0568. The van der Waals surface area contributed by atoms with Crippen LogP contribution in [0.5, 0.6) is 0 Å². The fraction of sp³-hybridized carbons (Fsp3) is 1.00. The van der Waals surface area contributed by atoms with Gasteiger partial charge >= 0.3 is 46.9 Å². The van der Waals surface area contributed by atoms with Crippen molar-refractivity contribution in [1.29, 1.82) is 0 Å². The largest absolute Gasteiger partial charge is 0.472 e.